The first-order valence-electron chi connectivity index (χ1n) is 7.49. The minimum absolute atomic E-state index is 0.133. The summed E-state index contributed by atoms with van der Waals surface area (Å²) in [7, 11) is 0. The number of nitrogens with two attached hydrogens (primary N) is 1. The van der Waals surface area contributed by atoms with Crippen LogP contribution in [0.4, 0.5) is 11.4 Å². The molecule has 0 saturated carbocycles. The topological polar surface area (TPSA) is 75.4 Å². The van der Waals surface area contributed by atoms with E-state index in [0.29, 0.717) is 12.1 Å². The van der Waals surface area contributed by atoms with Crippen LogP contribution in [-0.4, -0.2) is 24.4 Å². The number of carbonyl (C=O) groups excluding carboxylic acids is 2. The van der Waals surface area contributed by atoms with Crippen molar-refractivity contribution < 1.29 is 9.59 Å². The van der Waals surface area contributed by atoms with E-state index < -0.39 is 6.04 Å². The SMILES string of the molecule is CC[C@H](C)[C@H](N)C(=O)Nc1cccc(N2CCCC2=O)c1. The van der Waals surface area contributed by atoms with Gasteiger partial charge in [0, 0.05) is 24.3 Å². The first-order chi connectivity index (χ1) is 10.0. The van der Waals surface area contributed by atoms with E-state index in [9.17, 15) is 9.59 Å². The van der Waals surface area contributed by atoms with Crippen LogP contribution in [0.1, 0.15) is 33.1 Å². The van der Waals surface area contributed by atoms with E-state index in [4.69, 9.17) is 5.73 Å². The number of nitrogens with one attached hydrogen (secondary N) is 1. The summed E-state index contributed by atoms with van der Waals surface area (Å²) in [6.07, 6.45) is 2.33. The minimum Gasteiger partial charge on any atom is -0.325 e. The molecule has 0 unspecified atom stereocenters. The molecular formula is C16H23N3O2. The second kappa shape index (κ2) is 6.72. The van der Waals surface area contributed by atoms with Crippen molar-refractivity contribution in [2.45, 2.75) is 39.2 Å². The van der Waals surface area contributed by atoms with Crippen LogP contribution >= 0.6 is 0 Å². The Labute approximate surface area is 125 Å². The third kappa shape index (κ3) is 3.61. The molecule has 1 heterocycles. The van der Waals surface area contributed by atoms with E-state index >= 15 is 0 Å². The van der Waals surface area contributed by atoms with Crippen molar-refractivity contribution in [3.05, 3.63) is 24.3 Å². The Balaban J connectivity index is 2.07. The molecule has 2 rings (SSSR count). The highest BCUT2D eigenvalue weighted by Crippen LogP contribution is 2.24. The molecule has 1 aliphatic heterocycles. The van der Waals surface area contributed by atoms with E-state index in [0.717, 1.165) is 25.1 Å². The second-order valence-electron chi connectivity index (χ2n) is 5.60. The van der Waals surface area contributed by atoms with Crippen molar-refractivity contribution in [3.8, 4) is 0 Å². The van der Waals surface area contributed by atoms with E-state index in [1.165, 1.54) is 0 Å². The van der Waals surface area contributed by atoms with Gasteiger partial charge in [0.05, 0.1) is 6.04 Å². The van der Waals surface area contributed by atoms with Gasteiger partial charge in [-0.1, -0.05) is 26.3 Å². The molecule has 1 aliphatic rings. The zero-order valence-corrected chi connectivity index (χ0v) is 12.6. The van der Waals surface area contributed by atoms with Crippen LogP contribution in [0.25, 0.3) is 0 Å². The third-order valence-electron chi connectivity index (χ3n) is 4.06. The van der Waals surface area contributed by atoms with Crippen LogP contribution in [0.2, 0.25) is 0 Å². The molecule has 2 amide bonds. The zero-order chi connectivity index (χ0) is 15.4. The van der Waals surface area contributed by atoms with Gasteiger partial charge < -0.3 is 16.0 Å². The van der Waals surface area contributed by atoms with Gasteiger partial charge in [-0.05, 0) is 30.5 Å². The molecule has 114 valence electrons. The maximum Gasteiger partial charge on any atom is 0.241 e. The monoisotopic (exact) mass is 289 g/mol. The van der Waals surface area contributed by atoms with Gasteiger partial charge in [0.2, 0.25) is 11.8 Å². The van der Waals surface area contributed by atoms with Crippen molar-refractivity contribution in [1.29, 1.82) is 0 Å². The number of carbonyl (C=O) groups is 2. The van der Waals surface area contributed by atoms with Gasteiger partial charge in [0.1, 0.15) is 0 Å². The summed E-state index contributed by atoms with van der Waals surface area (Å²) in [5.74, 6) is 0.0809. The van der Waals surface area contributed by atoms with Gasteiger partial charge in [0.15, 0.2) is 0 Å². The van der Waals surface area contributed by atoms with Gasteiger partial charge in [-0.25, -0.2) is 0 Å². The molecule has 3 N–H and O–H groups in total. The van der Waals surface area contributed by atoms with Gasteiger partial charge >= 0.3 is 0 Å². The molecule has 21 heavy (non-hydrogen) atoms. The summed E-state index contributed by atoms with van der Waals surface area (Å²) in [4.78, 5) is 25.6. The summed E-state index contributed by atoms with van der Waals surface area (Å²) in [5.41, 5.74) is 7.43. The molecule has 5 heteroatoms. The fourth-order valence-corrected chi connectivity index (χ4v) is 2.41. The highest BCUT2D eigenvalue weighted by atomic mass is 16.2. The fraction of sp³-hybridized carbons (Fsp3) is 0.500. The molecule has 1 aromatic rings. The number of benzene rings is 1. The second-order valence-corrected chi connectivity index (χ2v) is 5.60. The molecule has 1 aromatic carbocycles. The number of hydrogen-bond acceptors (Lipinski definition) is 3. The van der Waals surface area contributed by atoms with E-state index in [1.807, 2.05) is 38.1 Å². The predicted octanol–water partition coefficient (Wildman–Crippen LogP) is 2.13. The molecule has 0 aliphatic carbocycles. The number of rotatable bonds is 5. The lowest BCUT2D eigenvalue weighted by molar-refractivity contribution is -0.118. The molecule has 1 fully saturated rings. The maximum atomic E-state index is 12.1. The molecule has 0 spiro atoms. The van der Waals surface area contributed by atoms with Gasteiger partial charge in [-0.15, -0.1) is 0 Å². The molecule has 1 saturated heterocycles. The maximum absolute atomic E-state index is 12.1. The molecule has 2 atom stereocenters. The van der Waals surface area contributed by atoms with Crippen molar-refractivity contribution in [2.24, 2.45) is 11.7 Å². The minimum atomic E-state index is -0.521. The molecular weight excluding hydrogens is 266 g/mol. The van der Waals surface area contributed by atoms with E-state index in [-0.39, 0.29) is 17.7 Å². The van der Waals surface area contributed by atoms with Crippen LogP contribution in [-0.2, 0) is 9.59 Å². The normalized spacial score (nSPS) is 17.7. The standard InChI is InChI=1S/C16H23N3O2/c1-3-11(2)15(17)16(21)18-12-6-4-7-13(10-12)19-9-5-8-14(19)20/h4,6-7,10-11,15H,3,5,8-9,17H2,1-2H3,(H,18,21)/t11-,15-/m0/s1. The summed E-state index contributed by atoms with van der Waals surface area (Å²) < 4.78 is 0. The Bertz CT molecular complexity index is 530. The van der Waals surface area contributed by atoms with Crippen molar-refractivity contribution in [3.63, 3.8) is 0 Å². The summed E-state index contributed by atoms with van der Waals surface area (Å²) in [6, 6.07) is 6.83. The van der Waals surface area contributed by atoms with Gasteiger partial charge in [-0.2, -0.15) is 0 Å². The van der Waals surface area contributed by atoms with Crippen LogP contribution in [0, 0.1) is 5.92 Å². The number of anilines is 2. The van der Waals surface area contributed by atoms with Crippen molar-refractivity contribution >= 4 is 23.2 Å². The molecule has 0 aromatic heterocycles. The average molecular weight is 289 g/mol. The Morgan fingerprint density at radius 2 is 2.24 bits per heavy atom. The first-order valence-corrected chi connectivity index (χ1v) is 7.49. The van der Waals surface area contributed by atoms with Crippen molar-refractivity contribution in [2.75, 3.05) is 16.8 Å². The number of hydrogen-bond donors (Lipinski definition) is 2. The van der Waals surface area contributed by atoms with Crippen LogP contribution < -0.4 is 16.0 Å². The Kier molecular flexibility index (Phi) is 4.96. The largest absolute Gasteiger partial charge is 0.325 e. The van der Waals surface area contributed by atoms with Crippen molar-refractivity contribution in [1.82, 2.24) is 0 Å². The van der Waals surface area contributed by atoms with Crippen LogP contribution in [0.3, 0.4) is 0 Å². The lowest BCUT2D eigenvalue weighted by Gasteiger charge is -2.19. The summed E-state index contributed by atoms with van der Waals surface area (Å²) in [5, 5.41) is 2.83. The molecule has 0 bridgehead atoms. The summed E-state index contributed by atoms with van der Waals surface area (Å²) >= 11 is 0. The predicted molar refractivity (Wildman–Crippen MR) is 84.1 cm³/mol. The third-order valence-corrected chi connectivity index (χ3v) is 4.06. The van der Waals surface area contributed by atoms with Crippen LogP contribution in [0.5, 0.6) is 0 Å². The first kappa shape index (κ1) is 15.5. The lowest BCUT2D eigenvalue weighted by atomic mass is 9.99. The van der Waals surface area contributed by atoms with Crippen LogP contribution in [0.15, 0.2) is 24.3 Å². The Morgan fingerprint density at radius 3 is 2.86 bits per heavy atom. The molecule has 0 radical (unpaired) electrons. The zero-order valence-electron chi connectivity index (χ0n) is 12.6. The quantitative estimate of drug-likeness (QED) is 0.872. The lowest BCUT2D eigenvalue weighted by Crippen LogP contribution is -2.40. The summed E-state index contributed by atoms with van der Waals surface area (Å²) in [6.45, 7) is 4.71. The Hall–Kier alpha value is -1.88. The van der Waals surface area contributed by atoms with Gasteiger partial charge in [0.25, 0.3) is 0 Å². The highest BCUT2D eigenvalue weighted by molar-refractivity contribution is 5.98. The van der Waals surface area contributed by atoms with E-state index in [2.05, 4.69) is 5.32 Å². The average Bonchev–Trinajstić information content (AvgIpc) is 2.92. The fourth-order valence-electron chi connectivity index (χ4n) is 2.41. The smallest absolute Gasteiger partial charge is 0.241 e. The number of nitrogens with zero attached hydrogens (tertiary/aromatic N) is 1. The number of amides is 2. The highest BCUT2D eigenvalue weighted by Gasteiger charge is 2.23. The van der Waals surface area contributed by atoms with E-state index in [1.54, 1.807) is 4.90 Å². The van der Waals surface area contributed by atoms with Gasteiger partial charge in [-0.3, -0.25) is 9.59 Å². The Morgan fingerprint density at radius 1 is 1.48 bits per heavy atom. The molecule has 5 nitrogen and oxygen atoms in total.